The van der Waals surface area contributed by atoms with Gasteiger partial charge in [-0.3, -0.25) is 14.4 Å². The number of hydrogen-bond donors (Lipinski definition) is 1. The van der Waals surface area contributed by atoms with Gasteiger partial charge in [-0.1, -0.05) is 18.2 Å². The van der Waals surface area contributed by atoms with Crippen molar-refractivity contribution in [1.29, 1.82) is 0 Å². The molecule has 0 aliphatic carbocycles. The molecule has 1 atom stereocenters. The van der Waals surface area contributed by atoms with E-state index in [2.05, 4.69) is 10.3 Å². The maximum atomic E-state index is 12.5. The molecule has 0 saturated heterocycles. The fraction of sp³-hybridized carbons (Fsp3) is 0.300. The molecule has 1 N–H and O–H groups in total. The van der Waals surface area contributed by atoms with Crippen LogP contribution >= 0.6 is 22.7 Å². The third-order valence-electron chi connectivity index (χ3n) is 4.10. The van der Waals surface area contributed by atoms with E-state index in [1.165, 1.54) is 27.6 Å². The molecule has 152 valence electrons. The Morgan fingerprint density at radius 2 is 2.00 bits per heavy atom. The van der Waals surface area contributed by atoms with Gasteiger partial charge in [-0.2, -0.15) is 0 Å². The minimum Gasteiger partial charge on any atom is -0.452 e. The molecule has 3 aromatic rings. The largest absolute Gasteiger partial charge is 0.452 e. The molecular formula is C20H21N3O4S2. The summed E-state index contributed by atoms with van der Waals surface area (Å²) < 4.78 is 6.27. The van der Waals surface area contributed by atoms with Crippen LogP contribution in [0.25, 0.3) is 10.2 Å². The zero-order valence-corrected chi connectivity index (χ0v) is 17.7. The third-order valence-corrected chi connectivity index (χ3v) is 5.99. The number of carbonyl (C=O) groups is 3. The molecule has 0 spiro atoms. The number of para-hydroxylation sites is 1. The normalized spacial score (nSPS) is 11.8. The molecule has 0 aliphatic rings. The summed E-state index contributed by atoms with van der Waals surface area (Å²) in [6.07, 6.45) is -0.911. The van der Waals surface area contributed by atoms with E-state index in [1.54, 1.807) is 31.5 Å². The summed E-state index contributed by atoms with van der Waals surface area (Å²) in [6, 6.07) is 11.3. The second-order valence-electron chi connectivity index (χ2n) is 6.38. The van der Waals surface area contributed by atoms with Crippen LogP contribution < -0.4 is 5.32 Å². The highest BCUT2D eigenvalue weighted by Crippen LogP contribution is 2.22. The van der Waals surface area contributed by atoms with Gasteiger partial charge < -0.3 is 15.0 Å². The number of ether oxygens (including phenoxy) is 1. The quantitative estimate of drug-likeness (QED) is 0.554. The number of amides is 2. The zero-order valence-electron chi connectivity index (χ0n) is 16.1. The Morgan fingerprint density at radius 3 is 2.72 bits per heavy atom. The van der Waals surface area contributed by atoms with Gasteiger partial charge in [0, 0.05) is 13.6 Å². The molecule has 0 radical (unpaired) electrons. The molecule has 2 heterocycles. The van der Waals surface area contributed by atoms with Crippen LogP contribution in [0, 0.1) is 0 Å². The van der Waals surface area contributed by atoms with E-state index in [1.807, 2.05) is 24.3 Å². The number of likely N-dealkylation sites (N-methyl/N-ethyl adjacent to an activating group) is 1. The molecule has 2 aromatic heterocycles. The van der Waals surface area contributed by atoms with Gasteiger partial charge in [0.2, 0.25) is 0 Å². The lowest BCUT2D eigenvalue weighted by atomic mass is 10.3. The van der Waals surface area contributed by atoms with Crippen LogP contribution in [0.4, 0.5) is 0 Å². The van der Waals surface area contributed by atoms with E-state index in [-0.39, 0.29) is 24.8 Å². The molecule has 0 aliphatic heterocycles. The fourth-order valence-corrected chi connectivity index (χ4v) is 4.32. The molecule has 0 fully saturated rings. The van der Waals surface area contributed by atoms with Gasteiger partial charge in [0.05, 0.1) is 28.1 Å². The number of thiophene rings is 1. The van der Waals surface area contributed by atoms with Crippen molar-refractivity contribution in [2.24, 2.45) is 0 Å². The maximum Gasteiger partial charge on any atom is 0.308 e. The Bertz CT molecular complexity index is 967. The standard InChI is InChI=1S/C20H21N3O4S2/c1-13(27-18(24)9-10-21-19(25)16-8-5-11-28-16)20(26)23(2)12-17-22-14-6-3-4-7-15(14)29-17/h3-8,11,13H,9-10,12H2,1-2H3,(H,21,25). The van der Waals surface area contributed by atoms with E-state index < -0.39 is 12.1 Å². The van der Waals surface area contributed by atoms with E-state index >= 15 is 0 Å². The number of rotatable bonds is 8. The molecule has 3 rings (SSSR count). The summed E-state index contributed by atoms with van der Waals surface area (Å²) in [5.41, 5.74) is 0.900. The number of fused-ring (bicyclic) bond motifs is 1. The van der Waals surface area contributed by atoms with Crippen molar-refractivity contribution in [3.05, 3.63) is 51.7 Å². The summed E-state index contributed by atoms with van der Waals surface area (Å²) >= 11 is 2.86. The summed E-state index contributed by atoms with van der Waals surface area (Å²) in [6.45, 7) is 2.04. The van der Waals surface area contributed by atoms with Gasteiger partial charge in [-0.25, -0.2) is 4.98 Å². The Labute approximate surface area is 176 Å². The number of thiazole rings is 1. The predicted molar refractivity (Wildman–Crippen MR) is 113 cm³/mol. The van der Waals surface area contributed by atoms with Gasteiger partial charge >= 0.3 is 5.97 Å². The van der Waals surface area contributed by atoms with Crippen molar-refractivity contribution >= 4 is 50.7 Å². The monoisotopic (exact) mass is 431 g/mol. The van der Waals surface area contributed by atoms with Gasteiger partial charge in [0.1, 0.15) is 5.01 Å². The first-order valence-electron chi connectivity index (χ1n) is 9.04. The maximum absolute atomic E-state index is 12.5. The Kier molecular flexibility index (Phi) is 6.95. The van der Waals surface area contributed by atoms with Gasteiger partial charge in [-0.15, -0.1) is 22.7 Å². The topological polar surface area (TPSA) is 88.6 Å². The lowest BCUT2D eigenvalue weighted by Gasteiger charge is -2.20. The first-order valence-corrected chi connectivity index (χ1v) is 10.7. The van der Waals surface area contributed by atoms with E-state index in [4.69, 9.17) is 4.74 Å². The van der Waals surface area contributed by atoms with Crippen molar-refractivity contribution in [2.75, 3.05) is 13.6 Å². The first-order chi connectivity index (χ1) is 13.9. The number of hydrogen-bond acceptors (Lipinski definition) is 7. The fourth-order valence-electron chi connectivity index (χ4n) is 2.66. The molecule has 2 amide bonds. The number of aromatic nitrogens is 1. The van der Waals surface area contributed by atoms with Crippen LogP contribution in [0.2, 0.25) is 0 Å². The third kappa shape index (κ3) is 5.61. The Balaban J connectivity index is 1.43. The van der Waals surface area contributed by atoms with Crippen molar-refractivity contribution in [1.82, 2.24) is 15.2 Å². The predicted octanol–water partition coefficient (Wildman–Crippen LogP) is 3.07. The van der Waals surface area contributed by atoms with Crippen LogP contribution in [-0.4, -0.2) is 47.4 Å². The lowest BCUT2D eigenvalue weighted by molar-refractivity contribution is -0.158. The summed E-state index contributed by atoms with van der Waals surface area (Å²) in [5, 5.41) is 5.28. The molecule has 7 nitrogen and oxygen atoms in total. The molecule has 9 heteroatoms. The average Bonchev–Trinajstić information content (AvgIpc) is 3.36. The first kappa shape index (κ1) is 20.9. The highest BCUT2D eigenvalue weighted by atomic mass is 32.1. The lowest BCUT2D eigenvalue weighted by Crippen LogP contribution is -2.37. The molecule has 0 bridgehead atoms. The van der Waals surface area contributed by atoms with E-state index in [9.17, 15) is 14.4 Å². The van der Waals surface area contributed by atoms with Gasteiger partial charge in [0.15, 0.2) is 6.10 Å². The highest BCUT2D eigenvalue weighted by Gasteiger charge is 2.22. The van der Waals surface area contributed by atoms with Crippen LogP contribution in [0.5, 0.6) is 0 Å². The molecule has 0 saturated carbocycles. The van der Waals surface area contributed by atoms with Crippen molar-refractivity contribution < 1.29 is 19.1 Å². The molecule has 1 unspecified atom stereocenters. The van der Waals surface area contributed by atoms with E-state index in [0.717, 1.165) is 15.2 Å². The molecular weight excluding hydrogens is 410 g/mol. The van der Waals surface area contributed by atoms with Crippen LogP contribution in [0.15, 0.2) is 41.8 Å². The van der Waals surface area contributed by atoms with Crippen molar-refractivity contribution in [3.63, 3.8) is 0 Å². The number of nitrogens with zero attached hydrogens (tertiary/aromatic N) is 2. The van der Waals surface area contributed by atoms with Gasteiger partial charge in [0.25, 0.3) is 11.8 Å². The SMILES string of the molecule is CC(OC(=O)CCNC(=O)c1cccs1)C(=O)N(C)Cc1nc2ccccc2s1. The summed E-state index contributed by atoms with van der Waals surface area (Å²) in [4.78, 5) is 42.9. The van der Waals surface area contributed by atoms with Crippen molar-refractivity contribution in [3.8, 4) is 0 Å². The minimum absolute atomic E-state index is 0.00365. The highest BCUT2D eigenvalue weighted by molar-refractivity contribution is 7.18. The molecule has 29 heavy (non-hydrogen) atoms. The minimum atomic E-state index is -0.908. The number of esters is 1. The second kappa shape index (κ2) is 9.62. The summed E-state index contributed by atoms with van der Waals surface area (Å²) in [5.74, 6) is -1.07. The average molecular weight is 432 g/mol. The number of benzene rings is 1. The Morgan fingerprint density at radius 1 is 1.21 bits per heavy atom. The Hall–Kier alpha value is -2.78. The van der Waals surface area contributed by atoms with Crippen LogP contribution in [-0.2, 0) is 20.9 Å². The van der Waals surface area contributed by atoms with Crippen LogP contribution in [0.3, 0.4) is 0 Å². The zero-order chi connectivity index (χ0) is 20.8. The number of nitrogens with one attached hydrogen (secondary N) is 1. The van der Waals surface area contributed by atoms with Gasteiger partial charge in [-0.05, 0) is 30.5 Å². The van der Waals surface area contributed by atoms with E-state index in [0.29, 0.717) is 11.4 Å². The van der Waals surface area contributed by atoms with Crippen LogP contribution in [0.1, 0.15) is 28.0 Å². The second-order valence-corrected chi connectivity index (χ2v) is 8.45. The number of carbonyl (C=O) groups excluding carboxylic acids is 3. The van der Waals surface area contributed by atoms with Crippen molar-refractivity contribution in [2.45, 2.75) is 26.0 Å². The smallest absolute Gasteiger partial charge is 0.308 e. The molecule has 1 aromatic carbocycles. The summed E-state index contributed by atoms with van der Waals surface area (Å²) in [7, 11) is 1.65.